The van der Waals surface area contributed by atoms with Crippen molar-refractivity contribution < 1.29 is 4.79 Å². The number of carbonyl (C=O) groups excluding carboxylic acids is 1. The van der Waals surface area contributed by atoms with E-state index < -0.39 is 5.41 Å². The Morgan fingerprint density at radius 3 is 2.61 bits per heavy atom. The molecule has 3 aromatic rings. The van der Waals surface area contributed by atoms with Crippen LogP contribution in [0.5, 0.6) is 0 Å². The second-order valence-corrected chi connectivity index (χ2v) is 7.94. The van der Waals surface area contributed by atoms with Crippen LogP contribution in [0, 0.1) is 5.92 Å². The summed E-state index contributed by atoms with van der Waals surface area (Å²) < 4.78 is 1.89. The molecule has 0 spiro atoms. The van der Waals surface area contributed by atoms with Crippen LogP contribution in [0.4, 0.5) is 5.95 Å². The highest BCUT2D eigenvalue weighted by Gasteiger charge is 2.33. The first-order chi connectivity index (χ1) is 13.4. The summed E-state index contributed by atoms with van der Waals surface area (Å²) in [5.41, 5.74) is 1.38. The molecule has 28 heavy (non-hydrogen) atoms. The van der Waals surface area contributed by atoms with Crippen LogP contribution in [-0.2, 0) is 23.2 Å². The maximum atomic E-state index is 12.9. The molecule has 1 aliphatic heterocycles. The number of aromatic nitrogens is 5. The fourth-order valence-electron chi connectivity index (χ4n) is 3.70. The lowest BCUT2D eigenvalue weighted by Crippen LogP contribution is -2.35. The highest BCUT2D eigenvalue weighted by atomic mass is 16.2. The lowest BCUT2D eigenvalue weighted by Gasteiger charge is -2.28. The van der Waals surface area contributed by atoms with E-state index in [0.29, 0.717) is 18.4 Å². The normalized spacial score (nSPS) is 19.1. The van der Waals surface area contributed by atoms with Crippen LogP contribution in [0.25, 0.3) is 0 Å². The summed E-state index contributed by atoms with van der Waals surface area (Å²) in [5.74, 6) is 1.81. The van der Waals surface area contributed by atoms with Gasteiger partial charge >= 0.3 is 0 Å². The van der Waals surface area contributed by atoms with E-state index >= 15 is 0 Å². The number of fused-ring (bicyclic) bond motifs is 1. The van der Waals surface area contributed by atoms with Gasteiger partial charge in [-0.3, -0.25) is 10.1 Å². The Hall–Kier alpha value is -3.09. The van der Waals surface area contributed by atoms with Crippen LogP contribution in [0.2, 0.25) is 0 Å². The van der Waals surface area contributed by atoms with Gasteiger partial charge in [-0.05, 0) is 30.9 Å². The summed E-state index contributed by atoms with van der Waals surface area (Å²) >= 11 is 0. The van der Waals surface area contributed by atoms with Gasteiger partial charge in [0.2, 0.25) is 11.9 Å². The van der Waals surface area contributed by atoms with Gasteiger partial charge in [-0.15, -0.1) is 5.10 Å². The zero-order valence-electron chi connectivity index (χ0n) is 16.3. The lowest BCUT2D eigenvalue weighted by atomic mass is 9.84. The van der Waals surface area contributed by atoms with Crippen LogP contribution in [0.3, 0.4) is 0 Å². The summed E-state index contributed by atoms with van der Waals surface area (Å²) in [5, 5.41) is 7.44. The number of rotatable bonds is 4. The second-order valence-electron chi connectivity index (χ2n) is 7.94. The first kappa shape index (κ1) is 18.3. The number of benzene rings is 1. The fraction of sp³-hybridized carbons (Fsp3) is 0.381. The summed E-state index contributed by atoms with van der Waals surface area (Å²) in [6.45, 7) is 6.71. The van der Waals surface area contributed by atoms with E-state index in [2.05, 4.69) is 32.3 Å². The molecule has 0 radical (unpaired) electrons. The minimum absolute atomic E-state index is 0.122. The molecule has 7 nitrogen and oxygen atoms in total. The van der Waals surface area contributed by atoms with E-state index in [1.54, 1.807) is 6.33 Å². The highest BCUT2D eigenvalue weighted by Crippen LogP contribution is 2.33. The number of carbonyl (C=O) groups is 1. The Morgan fingerprint density at radius 1 is 1.18 bits per heavy atom. The number of nitrogens with zero attached hydrogens (tertiary/aromatic N) is 5. The first-order valence-corrected chi connectivity index (χ1v) is 9.51. The van der Waals surface area contributed by atoms with Crippen LogP contribution < -0.4 is 5.32 Å². The number of amides is 1. The van der Waals surface area contributed by atoms with Gasteiger partial charge in [0, 0.05) is 24.7 Å². The molecule has 2 unspecified atom stereocenters. The summed E-state index contributed by atoms with van der Waals surface area (Å²) in [4.78, 5) is 25.7. The Bertz CT molecular complexity index is 967. The minimum Gasteiger partial charge on any atom is -0.292 e. The Balaban J connectivity index is 1.53. The van der Waals surface area contributed by atoms with Crippen molar-refractivity contribution in [2.75, 3.05) is 5.32 Å². The van der Waals surface area contributed by atoms with Crippen LogP contribution in [-0.4, -0.2) is 30.6 Å². The molecular weight excluding hydrogens is 352 g/mol. The second kappa shape index (κ2) is 7.14. The Labute approximate surface area is 164 Å². The van der Waals surface area contributed by atoms with Crippen molar-refractivity contribution >= 4 is 11.9 Å². The molecule has 0 fully saturated rings. The third-order valence-corrected chi connectivity index (χ3v) is 5.61. The average molecular weight is 376 g/mol. The van der Waals surface area contributed by atoms with Crippen molar-refractivity contribution in [2.24, 2.45) is 5.92 Å². The molecule has 0 bridgehead atoms. The summed E-state index contributed by atoms with van der Waals surface area (Å²) in [7, 11) is 0. The number of nitrogens with one attached hydrogen (secondary N) is 1. The van der Waals surface area contributed by atoms with Crippen molar-refractivity contribution in [1.82, 2.24) is 24.7 Å². The topological polar surface area (TPSA) is 85.6 Å². The molecule has 1 N–H and O–H groups in total. The molecule has 3 heterocycles. The standard InChI is InChI=1S/C21H24N6O/c1-14-9-18-24-20(25-19(28)21(2,3)16-7-5-4-6-8-16)26-27(18)12-17(14)15-10-22-13-23-11-15/h4-8,10-11,13-14,17H,9,12H2,1-3H3,(H,25,26,28). The van der Waals surface area contributed by atoms with Crippen molar-refractivity contribution in [1.29, 1.82) is 0 Å². The maximum Gasteiger partial charge on any atom is 0.249 e. The molecule has 1 aliphatic rings. The predicted molar refractivity (Wildman–Crippen MR) is 106 cm³/mol. The monoisotopic (exact) mass is 376 g/mol. The predicted octanol–water partition coefficient (Wildman–Crippen LogP) is 2.96. The van der Waals surface area contributed by atoms with Gasteiger partial charge in [-0.2, -0.15) is 4.98 Å². The quantitative estimate of drug-likeness (QED) is 0.757. The Kier molecular flexibility index (Phi) is 4.66. The molecule has 2 atom stereocenters. The number of hydrogen-bond donors (Lipinski definition) is 1. The van der Waals surface area contributed by atoms with E-state index in [0.717, 1.165) is 23.4 Å². The van der Waals surface area contributed by atoms with Crippen LogP contribution in [0.1, 0.15) is 43.6 Å². The third kappa shape index (κ3) is 3.40. The molecule has 4 rings (SSSR count). The number of anilines is 1. The molecule has 2 aromatic heterocycles. The zero-order chi connectivity index (χ0) is 19.7. The average Bonchev–Trinajstić information content (AvgIpc) is 3.09. The third-order valence-electron chi connectivity index (χ3n) is 5.61. The SMILES string of the molecule is CC1Cc2nc(NC(=O)C(C)(C)c3ccccc3)nn2CC1c1cncnc1. The molecule has 0 aliphatic carbocycles. The maximum absolute atomic E-state index is 12.9. The van der Waals surface area contributed by atoms with Gasteiger partial charge in [-0.1, -0.05) is 37.3 Å². The minimum atomic E-state index is -0.676. The van der Waals surface area contributed by atoms with Crippen molar-refractivity contribution in [3.8, 4) is 0 Å². The van der Waals surface area contributed by atoms with Crippen molar-refractivity contribution in [3.63, 3.8) is 0 Å². The van der Waals surface area contributed by atoms with Gasteiger partial charge in [-0.25, -0.2) is 14.6 Å². The van der Waals surface area contributed by atoms with Gasteiger partial charge in [0.25, 0.3) is 0 Å². The molecule has 1 aromatic carbocycles. The van der Waals surface area contributed by atoms with Crippen LogP contribution in [0.15, 0.2) is 49.1 Å². The van der Waals surface area contributed by atoms with Gasteiger partial charge < -0.3 is 0 Å². The molecule has 144 valence electrons. The van der Waals surface area contributed by atoms with Crippen molar-refractivity contribution in [3.05, 3.63) is 66.0 Å². The smallest absolute Gasteiger partial charge is 0.249 e. The summed E-state index contributed by atoms with van der Waals surface area (Å²) in [6.07, 6.45) is 6.06. The van der Waals surface area contributed by atoms with Gasteiger partial charge in [0.15, 0.2) is 0 Å². The lowest BCUT2D eigenvalue weighted by molar-refractivity contribution is -0.120. The molecule has 1 amide bonds. The van der Waals surface area contributed by atoms with E-state index in [1.807, 2.05) is 61.3 Å². The zero-order valence-corrected chi connectivity index (χ0v) is 16.3. The first-order valence-electron chi connectivity index (χ1n) is 9.51. The van der Waals surface area contributed by atoms with E-state index in [4.69, 9.17) is 0 Å². The largest absolute Gasteiger partial charge is 0.292 e. The molecule has 7 heteroatoms. The fourth-order valence-corrected chi connectivity index (χ4v) is 3.70. The summed E-state index contributed by atoms with van der Waals surface area (Å²) in [6, 6.07) is 9.73. The van der Waals surface area contributed by atoms with E-state index in [9.17, 15) is 4.79 Å². The van der Waals surface area contributed by atoms with Gasteiger partial charge in [0.05, 0.1) is 12.0 Å². The van der Waals surface area contributed by atoms with Crippen LogP contribution >= 0.6 is 0 Å². The van der Waals surface area contributed by atoms with E-state index in [-0.39, 0.29) is 11.8 Å². The van der Waals surface area contributed by atoms with Crippen molar-refractivity contribution in [2.45, 2.75) is 45.1 Å². The molecular formula is C21H24N6O. The highest BCUT2D eigenvalue weighted by molar-refractivity contribution is 5.97. The molecule has 0 saturated carbocycles. The number of hydrogen-bond acceptors (Lipinski definition) is 5. The van der Waals surface area contributed by atoms with E-state index in [1.165, 1.54) is 0 Å². The molecule has 0 saturated heterocycles. The Morgan fingerprint density at radius 2 is 1.89 bits per heavy atom. The van der Waals surface area contributed by atoms with Gasteiger partial charge in [0.1, 0.15) is 12.2 Å².